The summed E-state index contributed by atoms with van der Waals surface area (Å²) in [5.41, 5.74) is 6.82. The lowest BCUT2D eigenvalue weighted by Crippen LogP contribution is -2.16. The van der Waals surface area contributed by atoms with Crippen molar-refractivity contribution in [2.75, 3.05) is 21.3 Å². The second-order valence-electron chi connectivity index (χ2n) is 11.9. The van der Waals surface area contributed by atoms with Gasteiger partial charge in [-0.3, -0.25) is 0 Å². The second kappa shape index (κ2) is 20.9. The minimum Gasteiger partial charge on any atom is -0.383 e. The van der Waals surface area contributed by atoms with Crippen LogP contribution < -0.4 is 21.3 Å². The van der Waals surface area contributed by atoms with Gasteiger partial charge in [0.25, 0.3) is 0 Å². The molecule has 236 valence electrons. The first-order valence-electron chi connectivity index (χ1n) is 16.9. The van der Waals surface area contributed by atoms with Crippen molar-refractivity contribution in [2.24, 2.45) is 0 Å². The maximum Gasteiger partial charge on any atom is 0.0385 e. The van der Waals surface area contributed by atoms with Crippen LogP contribution in [-0.2, 0) is 0 Å². The molecule has 0 saturated heterocycles. The molecular weight excluding hydrogens is 536 g/mol. The number of hydrogen-bond acceptors (Lipinski definition) is 4. The molecule has 4 aromatic carbocycles. The zero-order chi connectivity index (χ0) is 31.2. The first kappa shape index (κ1) is 34.6. The monoisotopic (exact) mass is 592 g/mol. The van der Waals surface area contributed by atoms with Crippen LogP contribution in [0.25, 0.3) is 0 Å². The fraction of sp³-hybridized carbons (Fsp3) is 0.400. The quantitative estimate of drug-likeness (QED) is 0.0868. The topological polar surface area (TPSA) is 48.1 Å². The largest absolute Gasteiger partial charge is 0.383 e. The smallest absolute Gasteiger partial charge is 0.0385 e. The van der Waals surface area contributed by atoms with Crippen LogP contribution in [0.15, 0.2) is 109 Å². The molecule has 0 amide bonds. The number of anilines is 6. The minimum absolute atomic E-state index is 0.554. The molecule has 0 heterocycles. The van der Waals surface area contributed by atoms with Crippen molar-refractivity contribution in [1.82, 2.24) is 0 Å². The highest BCUT2D eigenvalue weighted by Gasteiger charge is 2.04. The van der Waals surface area contributed by atoms with Gasteiger partial charge in [-0.15, -0.1) is 0 Å². The van der Waals surface area contributed by atoms with Crippen LogP contribution in [0.4, 0.5) is 34.1 Å². The Morgan fingerprint density at radius 3 is 1.05 bits per heavy atom. The van der Waals surface area contributed by atoms with E-state index in [1.807, 2.05) is 36.4 Å². The van der Waals surface area contributed by atoms with Gasteiger partial charge in [0.15, 0.2) is 0 Å². The first-order chi connectivity index (χ1) is 21.6. The lowest BCUT2D eigenvalue weighted by atomic mass is 10.1. The molecule has 0 spiro atoms. The summed E-state index contributed by atoms with van der Waals surface area (Å²) in [5, 5.41) is 14.0. The Balaban J connectivity index is 0.000000243. The maximum atomic E-state index is 3.62. The van der Waals surface area contributed by atoms with E-state index in [0.717, 1.165) is 22.7 Å². The van der Waals surface area contributed by atoms with Gasteiger partial charge in [-0.05, 0) is 99.5 Å². The van der Waals surface area contributed by atoms with Gasteiger partial charge in [-0.25, -0.2) is 0 Å². The third kappa shape index (κ3) is 14.5. The molecule has 0 bridgehead atoms. The molecule has 0 aliphatic carbocycles. The van der Waals surface area contributed by atoms with Gasteiger partial charge < -0.3 is 21.3 Å². The summed E-state index contributed by atoms with van der Waals surface area (Å²) < 4.78 is 0. The molecule has 0 aliphatic heterocycles. The van der Waals surface area contributed by atoms with E-state index >= 15 is 0 Å². The van der Waals surface area contributed by atoms with Crippen LogP contribution in [-0.4, -0.2) is 12.1 Å². The predicted octanol–water partition coefficient (Wildman–Crippen LogP) is 12.4. The summed E-state index contributed by atoms with van der Waals surface area (Å²) in [6.07, 6.45) is 13.3. The second-order valence-corrected chi connectivity index (χ2v) is 11.9. The van der Waals surface area contributed by atoms with Crippen molar-refractivity contribution in [1.29, 1.82) is 0 Å². The fourth-order valence-electron chi connectivity index (χ4n) is 5.14. The number of nitrogens with one attached hydrogen (secondary N) is 4. The van der Waals surface area contributed by atoms with Crippen LogP contribution in [0.1, 0.15) is 91.9 Å². The van der Waals surface area contributed by atoms with Crippen LogP contribution >= 0.6 is 0 Å². The molecule has 44 heavy (non-hydrogen) atoms. The summed E-state index contributed by atoms with van der Waals surface area (Å²) in [6, 6.07) is 38.5. The zero-order valence-electron chi connectivity index (χ0n) is 27.6. The van der Waals surface area contributed by atoms with Gasteiger partial charge in [0.2, 0.25) is 0 Å². The van der Waals surface area contributed by atoms with E-state index < -0.39 is 0 Å². The Labute approximate surface area is 268 Å². The number of unbranched alkanes of at least 4 members (excludes halogenated alkanes) is 6. The molecule has 0 aliphatic rings. The normalized spacial score (nSPS) is 11.9. The molecule has 4 aromatic rings. The summed E-state index contributed by atoms with van der Waals surface area (Å²) in [6.45, 7) is 9.11. The Hall–Kier alpha value is -3.92. The van der Waals surface area contributed by atoms with Gasteiger partial charge >= 0.3 is 0 Å². The van der Waals surface area contributed by atoms with Crippen molar-refractivity contribution >= 4 is 34.1 Å². The molecule has 0 radical (unpaired) electrons. The molecule has 2 unspecified atom stereocenters. The van der Waals surface area contributed by atoms with E-state index in [-0.39, 0.29) is 0 Å². The SMILES string of the molecule is CCCCCCC(C)Nc1ccc(NC(C)CCCCCC)cc1.c1ccc(Nc2ccc(Nc3ccccc3)cc2)cc1. The number of rotatable bonds is 18. The molecular formula is C40H56N4. The van der Waals surface area contributed by atoms with E-state index in [1.54, 1.807) is 0 Å². The van der Waals surface area contributed by atoms with Crippen molar-refractivity contribution in [3.63, 3.8) is 0 Å². The molecule has 0 aromatic heterocycles. The Kier molecular flexibility index (Phi) is 16.4. The van der Waals surface area contributed by atoms with Gasteiger partial charge in [-0.2, -0.15) is 0 Å². The van der Waals surface area contributed by atoms with Crippen molar-refractivity contribution in [2.45, 2.75) is 104 Å². The van der Waals surface area contributed by atoms with E-state index in [9.17, 15) is 0 Å². The third-order valence-electron chi connectivity index (χ3n) is 7.70. The average molecular weight is 593 g/mol. The summed E-state index contributed by atoms with van der Waals surface area (Å²) in [7, 11) is 0. The van der Waals surface area contributed by atoms with Crippen LogP contribution in [0.5, 0.6) is 0 Å². The molecule has 2 atom stereocenters. The summed E-state index contributed by atoms with van der Waals surface area (Å²) in [4.78, 5) is 0. The Morgan fingerprint density at radius 2 is 0.705 bits per heavy atom. The third-order valence-corrected chi connectivity index (χ3v) is 7.70. The van der Waals surface area contributed by atoms with Crippen molar-refractivity contribution in [3.8, 4) is 0 Å². The molecule has 4 N–H and O–H groups in total. The molecule has 4 heteroatoms. The molecule has 0 fully saturated rings. The average Bonchev–Trinajstić information content (AvgIpc) is 3.05. The highest BCUT2D eigenvalue weighted by Crippen LogP contribution is 2.22. The van der Waals surface area contributed by atoms with Gasteiger partial charge in [0.1, 0.15) is 0 Å². The van der Waals surface area contributed by atoms with Gasteiger partial charge in [0, 0.05) is 46.2 Å². The fourth-order valence-corrected chi connectivity index (χ4v) is 5.14. The molecule has 4 rings (SSSR count). The summed E-state index contributed by atoms with van der Waals surface area (Å²) in [5.74, 6) is 0. The van der Waals surface area contributed by atoms with Gasteiger partial charge in [-0.1, -0.05) is 102 Å². The predicted molar refractivity (Wildman–Crippen MR) is 196 cm³/mol. The van der Waals surface area contributed by atoms with Crippen LogP contribution in [0.3, 0.4) is 0 Å². The number of para-hydroxylation sites is 2. The Morgan fingerprint density at radius 1 is 0.386 bits per heavy atom. The van der Waals surface area contributed by atoms with E-state index in [1.165, 1.54) is 75.6 Å². The van der Waals surface area contributed by atoms with E-state index in [2.05, 4.69) is 122 Å². The number of benzene rings is 4. The molecule has 0 saturated carbocycles. The van der Waals surface area contributed by atoms with E-state index in [0.29, 0.717) is 12.1 Å². The van der Waals surface area contributed by atoms with Crippen molar-refractivity contribution < 1.29 is 0 Å². The number of hydrogen-bond donors (Lipinski definition) is 4. The maximum absolute atomic E-state index is 3.62. The lowest BCUT2D eigenvalue weighted by Gasteiger charge is -2.17. The van der Waals surface area contributed by atoms with Crippen molar-refractivity contribution in [3.05, 3.63) is 109 Å². The zero-order valence-corrected chi connectivity index (χ0v) is 27.6. The van der Waals surface area contributed by atoms with E-state index in [4.69, 9.17) is 0 Å². The highest BCUT2D eigenvalue weighted by molar-refractivity contribution is 5.65. The standard InChI is InChI=1S/C22H40N2.C18H16N2/c1-5-7-9-11-13-19(3)23-21-15-17-22(18-16-21)24-20(4)14-12-10-8-6-2;1-3-7-15(8-4-1)19-17-11-13-18(14-12-17)20-16-9-5-2-6-10-16/h15-20,23-24H,5-14H2,1-4H3;1-14,19-20H. The molecule has 4 nitrogen and oxygen atoms in total. The van der Waals surface area contributed by atoms with Crippen LogP contribution in [0, 0.1) is 0 Å². The first-order valence-corrected chi connectivity index (χ1v) is 16.9. The van der Waals surface area contributed by atoms with Crippen LogP contribution in [0.2, 0.25) is 0 Å². The van der Waals surface area contributed by atoms with Gasteiger partial charge in [0.05, 0.1) is 0 Å². The Bertz CT molecular complexity index is 1140. The minimum atomic E-state index is 0.554. The summed E-state index contributed by atoms with van der Waals surface area (Å²) >= 11 is 0. The lowest BCUT2D eigenvalue weighted by molar-refractivity contribution is 0.593. The highest BCUT2D eigenvalue weighted by atomic mass is 14.9.